The molecule has 29 nitrogen and oxygen atoms in total. The van der Waals surface area contributed by atoms with E-state index in [0.717, 1.165) is 45.4 Å². The number of hydrazine groups is 1. The predicted molar refractivity (Wildman–Crippen MR) is 398 cm³/mol. The molecule has 10 rings (SSSR count). The second-order valence-electron chi connectivity index (χ2n) is 30.4. The zero-order chi connectivity index (χ0) is 85.6. The number of phosphoric acid groups is 1. The van der Waals surface area contributed by atoms with Gasteiger partial charge in [-0.2, -0.15) is 40.2 Å². The van der Waals surface area contributed by atoms with Crippen molar-refractivity contribution in [3.63, 3.8) is 0 Å². The van der Waals surface area contributed by atoms with Gasteiger partial charge in [0, 0.05) is 101 Å². The number of nitrogens with zero attached hydrogens (tertiary/aromatic N) is 7. The van der Waals surface area contributed by atoms with Gasteiger partial charge in [0.1, 0.15) is 41.6 Å². The van der Waals surface area contributed by atoms with Crippen LogP contribution in [0.3, 0.4) is 0 Å². The van der Waals surface area contributed by atoms with Gasteiger partial charge in [0.25, 0.3) is 5.91 Å². The minimum absolute atomic E-state index is 0.0755. The van der Waals surface area contributed by atoms with Crippen molar-refractivity contribution >= 4 is 66.5 Å². The number of aromatic amines is 1. The number of hydrogen-bond donors (Lipinski definition) is 9. The first kappa shape index (κ1) is 88.5. The van der Waals surface area contributed by atoms with Crippen LogP contribution in [0.1, 0.15) is 112 Å². The highest BCUT2D eigenvalue weighted by Crippen LogP contribution is 2.47. The number of aromatic nitrogens is 5. The van der Waals surface area contributed by atoms with Gasteiger partial charge in [-0.1, -0.05) is 62.1 Å². The van der Waals surface area contributed by atoms with Crippen LogP contribution in [0.5, 0.6) is 5.75 Å². The fourth-order valence-corrected chi connectivity index (χ4v) is 14.8. The topological polar surface area (TPSA) is 373 Å². The van der Waals surface area contributed by atoms with Crippen LogP contribution in [0.2, 0.25) is 0 Å². The molecule has 3 aliphatic heterocycles. The van der Waals surface area contributed by atoms with Gasteiger partial charge in [0.15, 0.2) is 0 Å². The number of benzene rings is 4. The lowest BCUT2D eigenvalue weighted by molar-refractivity contribution is -0.221. The van der Waals surface area contributed by atoms with E-state index in [0.29, 0.717) is 123 Å². The number of anilines is 1. The first-order valence-electron chi connectivity index (χ1n) is 36.5. The van der Waals surface area contributed by atoms with Crippen LogP contribution in [-0.2, 0) is 78.7 Å². The lowest BCUT2D eigenvalue weighted by Gasteiger charge is -2.47. The number of para-hydroxylation sites is 1. The zero-order valence-electron chi connectivity index (χ0n) is 64.5. The number of halogens is 10. The molecule has 3 saturated heterocycles. The molecule has 2 bridgehead atoms. The van der Waals surface area contributed by atoms with Crippen LogP contribution in [0.4, 0.5) is 59.4 Å². The summed E-state index contributed by atoms with van der Waals surface area (Å²) in [7, 11) is -4.16. The van der Waals surface area contributed by atoms with E-state index in [4.69, 9.17) is 14.0 Å². The Bertz CT molecular complexity index is 4890. The number of fused-ring (bicyclic) bond motifs is 3. The average Bonchev–Trinajstić information content (AvgIpc) is 1.66. The molecule has 0 radical (unpaired) electrons. The van der Waals surface area contributed by atoms with Crippen molar-refractivity contribution < 1.29 is 120 Å². The van der Waals surface area contributed by atoms with Crippen molar-refractivity contribution in [2.24, 2.45) is 10.8 Å². The molecule has 3 aromatic heterocycles. The van der Waals surface area contributed by atoms with Gasteiger partial charge in [-0.25, -0.2) is 47.4 Å². The number of piperazine rings is 1. The second-order valence-corrected chi connectivity index (χ2v) is 31.6. The number of hydrogen-bond acceptors (Lipinski definition) is 19. The lowest BCUT2D eigenvalue weighted by Crippen LogP contribution is -2.64. The molecule has 117 heavy (non-hydrogen) atoms. The smallest absolute Gasteiger partial charge is 0.480 e. The quantitative estimate of drug-likeness (QED) is 0.00487. The Kier molecular flexibility index (Phi) is 27.1. The molecule has 6 heterocycles. The standard InChI is InChI=1S/C77H86F10N13O16P/c1-41-24-46(30-61(101)91-58(68(105)106)29-47-34-88-56-13-11-10-12-51(47)56)63(59(25-41)116-117(109,110)111)73(2,3)31-62(102)115-60(38-98(96-67(104)65(94-72(108)113-9)75(6,7)77(85,86)87)37-52-53(78)27-45(28-54(52)79)55-22-23-99(95-55)69(80)81)57(92-66(103)64(93-71(107)112-8)74(4,5)76(82,83)84)26-43-17-14-42(15-18-43)16-19-44-32-89-70(90-33-44)97-35-48-20-21-49(36-97)100(48)50-39-114-40-50/h10-15,17-18,22-25,27-28,32-34,48-50,57-58,60,64-65,69,88H,20-21,26,29-31,35-40H2,1-9H3,(H,91,101)(H,92,103)(H,93,107)(H,94,108)(H,96,104)(H,105,106)(H2,109,110,111)/t48?,49?,57-,58?,60-,64+,65+/m0/s1. The summed E-state index contributed by atoms with van der Waals surface area (Å²) in [5, 5.41) is 23.6. The number of esters is 1. The number of H-pyrrole nitrogens is 1. The molecule has 4 aromatic carbocycles. The maximum absolute atomic E-state index is 17.0. The Morgan fingerprint density at radius 1 is 0.744 bits per heavy atom. The maximum Gasteiger partial charge on any atom is 0.524 e. The van der Waals surface area contributed by atoms with Gasteiger partial charge in [0.05, 0.1) is 81.0 Å². The third kappa shape index (κ3) is 21.5. The van der Waals surface area contributed by atoms with Crippen molar-refractivity contribution in [1.82, 2.24) is 61.3 Å². The molecular formula is C77H86F10N13O16P. The molecule has 5 amide bonds. The number of ether oxygens (including phenoxy) is 4. The normalized spacial score (nSPS) is 16.9. The zero-order valence-corrected chi connectivity index (χ0v) is 65.4. The van der Waals surface area contributed by atoms with E-state index in [9.17, 15) is 52.2 Å². The molecule has 7 aromatic rings. The van der Waals surface area contributed by atoms with Crippen LogP contribution in [0, 0.1) is 41.2 Å². The molecule has 9 N–H and O–H groups in total. The van der Waals surface area contributed by atoms with Crippen LogP contribution < -0.4 is 36.1 Å². The highest BCUT2D eigenvalue weighted by Gasteiger charge is 2.58. The number of alkyl carbamates (subject to hydrolysis) is 2. The molecular weight excluding hydrogens is 1580 g/mol. The number of nitrogens with one attached hydrogen (secondary N) is 6. The fraction of sp³-hybridized carbons (Fsp3) is 0.455. The Hall–Kier alpha value is -10.9. The molecule has 3 aliphatic rings. The number of alkyl halides is 8. The number of carbonyl (C=O) groups is 7. The predicted octanol–water partition coefficient (Wildman–Crippen LogP) is 9.55. The van der Waals surface area contributed by atoms with Crippen molar-refractivity contribution in [2.75, 3.05) is 52.0 Å². The molecule has 630 valence electrons. The number of carbonyl (C=O) groups excluding carboxylic acids is 6. The van der Waals surface area contributed by atoms with E-state index in [-0.39, 0.29) is 33.4 Å². The summed E-state index contributed by atoms with van der Waals surface area (Å²) in [6.45, 7) is 2.67. The number of carboxylic acids is 1. The Morgan fingerprint density at radius 3 is 1.88 bits per heavy atom. The number of methoxy groups -OCH3 is 2. The molecule has 3 fully saturated rings. The van der Waals surface area contributed by atoms with Crippen LogP contribution in [0.15, 0.2) is 104 Å². The molecule has 0 aliphatic carbocycles. The summed E-state index contributed by atoms with van der Waals surface area (Å²) in [5.41, 5.74) is -6.94. The van der Waals surface area contributed by atoms with Gasteiger partial charge in [-0.3, -0.25) is 39.3 Å². The number of aliphatic carboxylic acids is 1. The summed E-state index contributed by atoms with van der Waals surface area (Å²) in [6.07, 6.45) is -11.9. The Balaban J connectivity index is 1.08. The minimum atomic E-state index is -5.64. The SMILES string of the molecule is COC(=O)N[C@H](C(=O)N[C@@H](Cc1ccc(C#Cc2cnc(N3CC4CCC(C3)N4C3COC3)nc2)cc1)[C@H](CN(Cc1c(F)cc(-c2ccn(C(F)F)n2)cc1F)NC(=O)[C@@H](NC(=O)OC)C(C)(C)C(F)(F)F)OC(=O)CC(C)(C)c1c(CC(=O)NC(Cc2c[nH]c3ccccc23)C(=O)O)cc(C)cc1OP(=O)(O)O)C(C)(C)C(F)(F)F. The monoisotopic (exact) mass is 1670 g/mol. The third-order valence-corrected chi connectivity index (χ3v) is 21.2. The number of rotatable bonds is 31. The van der Waals surface area contributed by atoms with Crippen molar-refractivity contribution in [1.29, 1.82) is 0 Å². The second kappa shape index (κ2) is 35.9. The first-order chi connectivity index (χ1) is 54.8. The van der Waals surface area contributed by atoms with E-state index in [1.165, 1.54) is 63.5 Å². The summed E-state index contributed by atoms with van der Waals surface area (Å²) in [6, 6.07) is 8.85. The van der Waals surface area contributed by atoms with Gasteiger partial charge >= 0.3 is 50.8 Å². The highest BCUT2D eigenvalue weighted by atomic mass is 31.2. The average molecular weight is 1670 g/mol. The third-order valence-electron chi connectivity index (χ3n) is 20.8. The van der Waals surface area contributed by atoms with Gasteiger partial charge < -0.3 is 59.7 Å². The Labute approximate surface area is 663 Å². The highest BCUT2D eigenvalue weighted by molar-refractivity contribution is 7.46. The van der Waals surface area contributed by atoms with E-state index >= 15 is 44.7 Å². The van der Waals surface area contributed by atoms with Crippen LogP contribution >= 0.6 is 7.82 Å². The van der Waals surface area contributed by atoms with Gasteiger partial charge in [-0.15, -0.1) is 0 Å². The van der Waals surface area contributed by atoms with E-state index in [1.54, 1.807) is 35.8 Å². The summed E-state index contributed by atoms with van der Waals surface area (Å²) < 4.78 is 192. The van der Waals surface area contributed by atoms with E-state index < -0.39 is 182 Å². The number of aryl methyl sites for hydroxylation is 1. The summed E-state index contributed by atoms with van der Waals surface area (Å²) >= 11 is 0. The van der Waals surface area contributed by atoms with E-state index in [2.05, 4.69) is 67.2 Å². The number of phosphoric ester groups is 1. The number of amides is 5. The maximum atomic E-state index is 17.0. The fourth-order valence-electron chi connectivity index (χ4n) is 14.4. The first-order valence-corrected chi connectivity index (χ1v) is 38.0. The molecule has 40 heteroatoms. The van der Waals surface area contributed by atoms with Crippen molar-refractivity contribution in [3.05, 3.63) is 160 Å². The molecule has 0 saturated carbocycles. The van der Waals surface area contributed by atoms with Crippen molar-refractivity contribution in [2.45, 2.75) is 166 Å². The lowest BCUT2D eigenvalue weighted by atomic mass is 9.77. The van der Waals surface area contributed by atoms with Gasteiger partial charge in [0.2, 0.25) is 17.8 Å². The van der Waals surface area contributed by atoms with Crippen LogP contribution in [-0.4, -0.2) is 199 Å². The number of carboxylic acid groups (broad SMARTS) is 1. The Morgan fingerprint density at radius 2 is 1.33 bits per heavy atom. The molecule has 0 spiro atoms. The molecule has 7 atom stereocenters. The van der Waals surface area contributed by atoms with Gasteiger partial charge in [-0.05, 0) is 119 Å². The largest absolute Gasteiger partial charge is 0.524 e. The summed E-state index contributed by atoms with van der Waals surface area (Å²) in [5.74, 6) is -4.94. The minimum Gasteiger partial charge on any atom is -0.480 e. The molecule has 3 unspecified atom stereocenters. The summed E-state index contributed by atoms with van der Waals surface area (Å²) in [4.78, 5) is 136. The van der Waals surface area contributed by atoms with Crippen molar-refractivity contribution in [3.8, 4) is 28.8 Å². The van der Waals surface area contributed by atoms with E-state index in [1.807, 2.05) is 5.32 Å². The van der Waals surface area contributed by atoms with Crippen LogP contribution in [0.25, 0.3) is 22.2 Å².